The highest BCUT2D eigenvalue weighted by atomic mass is 35.5. The van der Waals surface area contributed by atoms with Gasteiger partial charge in [0, 0.05) is 12.6 Å². The van der Waals surface area contributed by atoms with Crippen molar-refractivity contribution in [3.8, 4) is 6.01 Å². The van der Waals surface area contributed by atoms with Crippen LogP contribution in [0.25, 0.3) is 0 Å². The van der Waals surface area contributed by atoms with Gasteiger partial charge in [0.1, 0.15) is 0 Å². The van der Waals surface area contributed by atoms with E-state index >= 15 is 0 Å². The molecule has 0 spiro atoms. The molecule has 2 rings (SSSR count). The molecule has 1 atom stereocenters. The predicted molar refractivity (Wildman–Crippen MR) is 66.6 cm³/mol. The van der Waals surface area contributed by atoms with Crippen LogP contribution in [0.2, 0.25) is 5.28 Å². The van der Waals surface area contributed by atoms with Gasteiger partial charge in [0.2, 0.25) is 11.2 Å². The summed E-state index contributed by atoms with van der Waals surface area (Å²) in [5, 5.41) is 0.182. The SMILES string of the molecule is COc1nc(Cl)nc(N2CCCC2C(C)C)n1. The molecule has 0 radical (unpaired) electrons. The predicted octanol–water partition coefficient (Wildman–Crippen LogP) is 2.16. The second-order valence-electron chi connectivity index (χ2n) is 4.54. The highest BCUT2D eigenvalue weighted by Crippen LogP contribution is 2.28. The van der Waals surface area contributed by atoms with Crippen molar-refractivity contribution in [1.29, 1.82) is 0 Å². The van der Waals surface area contributed by atoms with Crippen LogP contribution in [0.15, 0.2) is 0 Å². The first-order valence-corrected chi connectivity index (χ1v) is 6.22. The summed E-state index contributed by atoms with van der Waals surface area (Å²) in [6, 6.07) is 0.743. The van der Waals surface area contributed by atoms with E-state index in [1.165, 1.54) is 13.5 Å². The van der Waals surface area contributed by atoms with Gasteiger partial charge >= 0.3 is 6.01 Å². The minimum absolute atomic E-state index is 0.182. The Morgan fingerprint density at radius 3 is 2.76 bits per heavy atom. The molecule has 1 unspecified atom stereocenters. The quantitative estimate of drug-likeness (QED) is 0.830. The van der Waals surface area contributed by atoms with Gasteiger partial charge in [0.25, 0.3) is 0 Å². The minimum atomic E-state index is 0.182. The summed E-state index contributed by atoms with van der Waals surface area (Å²) in [5.74, 6) is 1.19. The van der Waals surface area contributed by atoms with E-state index in [9.17, 15) is 0 Å². The van der Waals surface area contributed by atoms with Crippen LogP contribution >= 0.6 is 11.6 Å². The number of halogens is 1. The first kappa shape index (κ1) is 12.4. The zero-order chi connectivity index (χ0) is 12.4. The lowest BCUT2D eigenvalue weighted by molar-refractivity contribution is 0.377. The Kier molecular flexibility index (Phi) is 3.66. The Hall–Kier alpha value is -1.10. The molecule has 5 nitrogen and oxygen atoms in total. The van der Waals surface area contributed by atoms with Crippen LogP contribution in [0.1, 0.15) is 26.7 Å². The number of hydrogen-bond acceptors (Lipinski definition) is 5. The van der Waals surface area contributed by atoms with Gasteiger partial charge < -0.3 is 9.64 Å². The van der Waals surface area contributed by atoms with Crippen LogP contribution in [0.5, 0.6) is 6.01 Å². The Bertz CT molecular complexity index is 399. The van der Waals surface area contributed by atoms with Gasteiger partial charge in [0.05, 0.1) is 7.11 Å². The maximum atomic E-state index is 5.87. The lowest BCUT2D eigenvalue weighted by Crippen LogP contribution is -2.34. The summed E-state index contributed by atoms with van der Waals surface area (Å²) in [5.41, 5.74) is 0. The van der Waals surface area contributed by atoms with E-state index in [1.54, 1.807) is 0 Å². The minimum Gasteiger partial charge on any atom is -0.467 e. The number of ether oxygens (including phenoxy) is 1. The van der Waals surface area contributed by atoms with E-state index in [1.807, 2.05) is 0 Å². The first-order chi connectivity index (χ1) is 8.11. The molecular weight excluding hydrogens is 240 g/mol. The van der Waals surface area contributed by atoms with Crippen LogP contribution in [-0.4, -0.2) is 34.6 Å². The topological polar surface area (TPSA) is 51.1 Å². The number of anilines is 1. The van der Waals surface area contributed by atoms with Gasteiger partial charge in [-0.2, -0.15) is 15.0 Å². The third-order valence-electron chi connectivity index (χ3n) is 3.08. The zero-order valence-electron chi connectivity index (χ0n) is 10.4. The summed E-state index contributed by atoms with van der Waals surface area (Å²) in [6.45, 7) is 5.39. The maximum absolute atomic E-state index is 5.87. The molecule has 1 aliphatic heterocycles. The highest BCUT2D eigenvalue weighted by molar-refractivity contribution is 6.28. The van der Waals surface area contributed by atoms with Crippen molar-refractivity contribution in [1.82, 2.24) is 15.0 Å². The molecular formula is C11H17ClN4O. The third-order valence-corrected chi connectivity index (χ3v) is 3.25. The molecule has 1 fully saturated rings. The number of nitrogens with zero attached hydrogens (tertiary/aromatic N) is 4. The van der Waals surface area contributed by atoms with Crippen molar-refractivity contribution in [3.05, 3.63) is 5.28 Å². The average molecular weight is 257 g/mol. The van der Waals surface area contributed by atoms with Crippen LogP contribution in [0.4, 0.5) is 5.95 Å². The van der Waals surface area contributed by atoms with E-state index in [-0.39, 0.29) is 11.3 Å². The standard InChI is InChI=1S/C11H17ClN4O/c1-7(2)8-5-4-6-16(8)10-13-9(12)14-11(15-10)17-3/h7-8H,4-6H2,1-3H3. The largest absolute Gasteiger partial charge is 0.467 e. The van der Waals surface area contributed by atoms with Gasteiger partial charge in [-0.3, -0.25) is 0 Å². The van der Waals surface area contributed by atoms with Crippen molar-refractivity contribution in [2.24, 2.45) is 5.92 Å². The van der Waals surface area contributed by atoms with E-state index in [0.717, 1.165) is 13.0 Å². The molecule has 1 saturated heterocycles. The third kappa shape index (κ3) is 2.60. The summed E-state index contributed by atoms with van der Waals surface area (Å²) >= 11 is 5.87. The Labute approximate surface area is 106 Å². The van der Waals surface area contributed by atoms with Crippen molar-refractivity contribution < 1.29 is 4.74 Å². The van der Waals surface area contributed by atoms with Crippen LogP contribution in [0.3, 0.4) is 0 Å². The van der Waals surface area contributed by atoms with Crippen LogP contribution in [0, 0.1) is 5.92 Å². The molecule has 1 aliphatic rings. The molecule has 1 aromatic rings. The van der Waals surface area contributed by atoms with Gasteiger partial charge in [-0.25, -0.2) is 0 Å². The highest BCUT2D eigenvalue weighted by Gasteiger charge is 2.29. The normalized spacial score (nSPS) is 20.1. The molecule has 0 N–H and O–H groups in total. The summed E-state index contributed by atoms with van der Waals surface area (Å²) in [6.07, 6.45) is 2.33. The van der Waals surface area contributed by atoms with Crippen molar-refractivity contribution in [2.75, 3.05) is 18.6 Å². The Balaban J connectivity index is 2.29. The van der Waals surface area contributed by atoms with Gasteiger partial charge in [-0.1, -0.05) is 13.8 Å². The average Bonchev–Trinajstić information content (AvgIpc) is 2.77. The molecule has 0 saturated carbocycles. The molecule has 94 valence electrons. The Morgan fingerprint density at radius 2 is 2.12 bits per heavy atom. The second-order valence-corrected chi connectivity index (χ2v) is 4.88. The molecule has 2 heterocycles. The van der Waals surface area contributed by atoms with Gasteiger partial charge in [-0.05, 0) is 30.4 Å². The molecule has 0 aromatic carbocycles. The zero-order valence-corrected chi connectivity index (χ0v) is 11.1. The number of hydrogen-bond donors (Lipinski definition) is 0. The molecule has 0 bridgehead atoms. The van der Waals surface area contributed by atoms with Crippen LogP contribution in [-0.2, 0) is 0 Å². The lowest BCUT2D eigenvalue weighted by atomic mass is 10.0. The Morgan fingerprint density at radius 1 is 1.35 bits per heavy atom. The fraction of sp³-hybridized carbons (Fsp3) is 0.727. The molecule has 17 heavy (non-hydrogen) atoms. The molecule has 1 aromatic heterocycles. The van der Waals surface area contributed by atoms with E-state index in [4.69, 9.17) is 16.3 Å². The number of aromatic nitrogens is 3. The fourth-order valence-corrected chi connectivity index (χ4v) is 2.42. The fourth-order valence-electron chi connectivity index (χ4n) is 2.28. The van der Waals surface area contributed by atoms with E-state index < -0.39 is 0 Å². The van der Waals surface area contributed by atoms with Gasteiger partial charge in [0.15, 0.2) is 0 Å². The van der Waals surface area contributed by atoms with Crippen molar-refractivity contribution in [3.63, 3.8) is 0 Å². The van der Waals surface area contributed by atoms with Gasteiger partial charge in [-0.15, -0.1) is 0 Å². The maximum Gasteiger partial charge on any atom is 0.322 e. The molecule has 6 heteroatoms. The lowest BCUT2D eigenvalue weighted by Gasteiger charge is -2.27. The second kappa shape index (κ2) is 5.04. The van der Waals surface area contributed by atoms with Crippen LogP contribution < -0.4 is 9.64 Å². The molecule has 0 aliphatic carbocycles. The van der Waals surface area contributed by atoms with Crippen molar-refractivity contribution in [2.45, 2.75) is 32.7 Å². The monoisotopic (exact) mass is 256 g/mol. The summed E-state index contributed by atoms with van der Waals surface area (Å²) in [4.78, 5) is 14.5. The summed E-state index contributed by atoms with van der Waals surface area (Å²) < 4.78 is 5.02. The summed E-state index contributed by atoms with van der Waals surface area (Å²) in [7, 11) is 1.53. The number of methoxy groups -OCH3 is 1. The van der Waals surface area contributed by atoms with E-state index in [0.29, 0.717) is 17.9 Å². The number of rotatable bonds is 3. The molecule has 0 amide bonds. The van der Waals surface area contributed by atoms with E-state index in [2.05, 4.69) is 33.7 Å². The van der Waals surface area contributed by atoms with Crippen molar-refractivity contribution >= 4 is 17.5 Å². The smallest absolute Gasteiger partial charge is 0.322 e. The first-order valence-electron chi connectivity index (χ1n) is 5.84.